The van der Waals surface area contributed by atoms with E-state index in [-0.39, 0.29) is 11.8 Å². The molecule has 0 spiro atoms. The molecule has 2 saturated heterocycles. The number of hydrogen-bond donors (Lipinski definition) is 0. The van der Waals surface area contributed by atoms with Crippen LogP contribution in [-0.2, 0) is 9.59 Å². The van der Waals surface area contributed by atoms with Crippen LogP contribution in [0.15, 0.2) is 22.5 Å². The molecule has 144 valence electrons. The van der Waals surface area contributed by atoms with Crippen LogP contribution >= 0.6 is 11.8 Å². The summed E-state index contributed by atoms with van der Waals surface area (Å²) in [6.07, 6.45) is 4.90. The minimum absolute atomic E-state index is 0.134. The highest BCUT2D eigenvalue weighted by Crippen LogP contribution is 2.25. The lowest BCUT2D eigenvalue weighted by molar-refractivity contribution is -0.135. The summed E-state index contributed by atoms with van der Waals surface area (Å²) in [5, 5.41) is 1.99. The van der Waals surface area contributed by atoms with Gasteiger partial charge in [-0.15, -0.1) is 0 Å². The van der Waals surface area contributed by atoms with Crippen LogP contribution in [0.5, 0.6) is 0 Å². The van der Waals surface area contributed by atoms with Gasteiger partial charge in [0.15, 0.2) is 0 Å². The van der Waals surface area contributed by atoms with Crippen LogP contribution in [-0.4, -0.2) is 96.4 Å². The average Bonchev–Trinajstić information content (AvgIpc) is 2.68. The molecule has 0 aliphatic carbocycles. The van der Waals surface area contributed by atoms with Crippen LogP contribution in [0.3, 0.4) is 0 Å². The highest BCUT2D eigenvalue weighted by atomic mass is 32.2. The van der Waals surface area contributed by atoms with E-state index in [1.807, 2.05) is 21.3 Å². The summed E-state index contributed by atoms with van der Waals surface area (Å²) in [7, 11) is 0. The van der Waals surface area contributed by atoms with Gasteiger partial charge in [-0.25, -0.2) is 0 Å². The van der Waals surface area contributed by atoms with Crippen molar-refractivity contribution in [2.75, 3.05) is 58.9 Å². The van der Waals surface area contributed by atoms with Crippen molar-refractivity contribution in [1.29, 1.82) is 0 Å². The Labute approximate surface area is 160 Å². The molecule has 0 saturated carbocycles. The fourth-order valence-corrected chi connectivity index (χ4v) is 4.36. The fraction of sp³-hybridized carbons (Fsp3) is 0.684. The van der Waals surface area contributed by atoms with Gasteiger partial charge < -0.3 is 9.80 Å². The van der Waals surface area contributed by atoms with Crippen molar-refractivity contribution in [3.8, 4) is 0 Å². The Morgan fingerprint density at radius 1 is 1.00 bits per heavy atom. The number of rotatable bonds is 4. The number of thioether (sulfide) groups is 1. The molecule has 2 amide bonds. The summed E-state index contributed by atoms with van der Waals surface area (Å²) < 4.78 is 0. The average molecular weight is 379 g/mol. The van der Waals surface area contributed by atoms with Gasteiger partial charge >= 0.3 is 0 Å². The summed E-state index contributed by atoms with van der Waals surface area (Å²) >= 11 is 1.51. The Morgan fingerprint density at radius 2 is 1.65 bits per heavy atom. The number of amides is 2. The van der Waals surface area contributed by atoms with E-state index in [0.29, 0.717) is 25.7 Å². The fourth-order valence-electron chi connectivity index (χ4n) is 3.58. The van der Waals surface area contributed by atoms with Crippen molar-refractivity contribution in [1.82, 2.24) is 19.6 Å². The largest absolute Gasteiger partial charge is 0.339 e. The van der Waals surface area contributed by atoms with Crippen LogP contribution in [0.2, 0.25) is 0 Å². The first-order valence-electron chi connectivity index (χ1n) is 9.60. The lowest BCUT2D eigenvalue weighted by atomic mass is 10.2. The third-order valence-corrected chi connectivity index (χ3v) is 6.28. The molecule has 7 heteroatoms. The maximum absolute atomic E-state index is 12.6. The van der Waals surface area contributed by atoms with E-state index in [9.17, 15) is 9.59 Å². The zero-order valence-corrected chi connectivity index (χ0v) is 16.7. The van der Waals surface area contributed by atoms with Gasteiger partial charge in [-0.05, 0) is 25.7 Å². The van der Waals surface area contributed by atoms with Crippen LogP contribution < -0.4 is 0 Å². The Hall–Kier alpha value is -1.31. The van der Waals surface area contributed by atoms with Gasteiger partial charge in [0.25, 0.3) is 5.91 Å². The summed E-state index contributed by atoms with van der Waals surface area (Å²) in [4.78, 5) is 34.4. The van der Waals surface area contributed by atoms with Crippen molar-refractivity contribution < 1.29 is 9.59 Å². The third-order valence-electron chi connectivity index (χ3n) is 5.36. The molecule has 0 unspecified atom stereocenters. The molecule has 0 bridgehead atoms. The van der Waals surface area contributed by atoms with Gasteiger partial charge in [-0.1, -0.05) is 23.9 Å². The zero-order valence-electron chi connectivity index (χ0n) is 15.9. The first kappa shape index (κ1) is 19.5. The molecule has 3 aliphatic heterocycles. The molecule has 3 aliphatic rings. The molecule has 0 atom stereocenters. The Morgan fingerprint density at radius 3 is 2.23 bits per heavy atom. The normalized spacial score (nSPS) is 22.7. The molecule has 0 aromatic heterocycles. The van der Waals surface area contributed by atoms with Crippen LogP contribution in [0.1, 0.15) is 20.3 Å². The van der Waals surface area contributed by atoms with E-state index in [2.05, 4.69) is 29.7 Å². The highest BCUT2D eigenvalue weighted by molar-refractivity contribution is 8.06. The summed E-state index contributed by atoms with van der Waals surface area (Å²) in [6.45, 7) is 11.4. The smallest absolute Gasteiger partial charge is 0.260 e. The number of nitrogens with zero attached hydrogens (tertiary/aromatic N) is 4. The van der Waals surface area contributed by atoms with Crippen molar-refractivity contribution in [3.63, 3.8) is 0 Å². The van der Waals surface area contributed by atoms with Crippen LogP contribution in [0.4, 0.5) is 0 Å². The van der Waals surface area contributed by atoms with Gasteiger partial charge in [0.05, 0.1) is 11.4 Å². The molecule has 3 heterocycles. The second kappa shape index (κ2) is 9.06. The summed E-state index contributed by atoms with van der Waals surface area (Å²) in [6, 6.07) is 0.547. The topological polar surface area (TPSA) is 47.1 Å². The van der Waals surface area contributed by atoms with Gasteiger partial charge in [0.2, 0.25) is 5.91 Å². The molecule has 3 rings (SSSR count). The first-order valence-corrected chi connectivity index (χ1v) is 10.5. The predicted molar refractivity (Wildman–Crippen MR) is 106 cm³/mol. The second-order valence-electron chi connectivity index (χ2n) is 7.37. The van der Waals surface area contributed by atoms with Gasteiger partial charge in [-0.3, -0.25) is 19.4 Å². The molecule has 0 N–H and O–H groups in total. The molecule has 0 aromatic rings. The van der Waals surface area contributed by atoms with Crippen molar-refractivity contribution in [2.45, 2.75) is 26.3 Å². The Kier molecular flexibility index (Phi) is 6.78. The quantitative estimate of drug-likeness (QED) is 0.736. The van der Waals surface area contributed by atoms with E-state index < -0.39 is 0 Å². The molecule has 6 nitrogen and oxygen atoms in total. The molecular formula is C19H30N4O2S. The van der Waals surface area contributed by atoms with E-state index in [0.717, 1.165) is 50.6 Å². The molecule has 2 fully saturated rings. The zero-order chi connectivity index (χ0) is 18.5. The molecule has 0 radical (unpaired) electrons. The minimum atomic E-state index is 0.134. The van der Waals surface area contributed by atoms with Crippen molar-refractivity contribution in [2.24, 2.45) is 0 Å². The number of piperazine rings is 2. The third kappa shape index (κ3) is 4.90. The van der Waals surface area contributed by atoms with E-state index in [4.69, 9.17) is 0 Å². The number of carbonyl (C=O) groups is 2. The van der Waals surface area contributed by atoms with E-state index in [1.165, 1.54) is 11.8 Å². The van der Waals surface area contributed by atoms with E-state index >= 15 is 0 Å². The maximum atomic E-state index is 12.6. The van der Waals surface area contributed by atoms with Gasteiger partial charge in [0, 0.05) is 58.4 Å². The predicted octanol–water partition coefficient (Wildman–Crippen LogP) is 1.22. The van der Waals surface area contributed by atoms with Gasteiger partial charge in [0.1, 0.15) is 0 Å². The lowest BCUT2D eigenvalue weighted by Gasteiger charge is -2.39. The number of carbonyl (C=O) groups excluding carboxylic acids is 2. The second-order valence-corrected chi connectivity index (χ2v) is 8.32. The highest BCUT2D eigenvalue weighted by Gasteiger charge is 2.27. The Bertz CT molecular complexity index is 574. The minimum Gasteiger partial charge on any atom is -0.339 e. The monoisotopic (exact) mass is 378 g/mol. The molecule has 26 heavy (non-hydrogen) atoms. The molecular weight excluding hydrogens is 348 g/mol. The van der Waals surface area contributed by atoms with Crippen LogP contribution in [0.25, 0.3) is 0 Å². The summed E-state index contributed by atoms with van der Waals surface area (Å²) in [5.74, 6) is 0.360. The lowest BCUT2D eigenvalue weighted by Crippen LogP contribution is -2.55. The van der Waals surface area contributed by atoms with Crippen molar-refractivity contribution >= 4 is 23.6 Å². The SMILES string of the molecule is CC(C)N1CCN(C(=O)CN2CCN(C(=O)C3=CCC=CS3)CC2)CC1. The maximum Gasteiger partial charge on any atom is 0.260 e. The summed E-state index contributed by atoms with van der Waals surface area (Å²) in [5.41, 5.74) is 0. The number of hydrogen-bond acceptors (Lipinski definition) is 5. The van der Waals surface area contributed by atoms with Crippen molar-refractivity contribution in [3.05, 3.63) is 22.5 Å². The van der Waals surface area contributed by atoms with Crippen LogP contribution in [0, 0.1) is 0 Å². The van der Waals surface area contributed by atoms with E-state index in [1.54, 1.807) is 0 Å². The standard InChI is InChI=1S/C19H30N4O2S/c1-16(2)21-10-12-22(13-11-21)18(24)15-20-6-8-23(9-7-20)19(25)17-5-3-4-14-26-17/h4-5,14,16H,3,6-13,15H2,1-2H3. The van der Waals surface area contributed by atoms with Gasteiger partial charge in [-0.2, -0.15) is 0 Å². The Balaban J connectivity index is 1.40. The molecule has 0 aromatic carbocycles. The number of allylic oxidation sites excluding steroid dienone is 2. The first-order chi connectivity index (χ1) is 12.5.